The van der Waals surface area contributed by atoms with E-state index in [9.17, 15) is 9.59 Å². The average Bonchev–Trinajstić information content (AvgIpc) is 2.43. The van der Waals surface area contributed by atoms with E-state index >= 15 is 0 Å². The first-order chi connectivity index (χ1) is 9.97. The van der Waals surface area contributed by atoms with Crippen LogP contribution in [0.4, 0.5) is 0 Å². The zero-order valence-electron chi connectivity index (χ0n) is 12.6. The zero-order valence-corrected chi connectivity index (χ0v) is 12.6. The molecule has 4 nitrogen and oxygen atoms in total. The average molecular weight is 284 g/mol. The lowest BCUT2D eigenvalue weighted by Crippen LogP contribution is -2.31. The lowest BCUT2D eigenvalue weighted by molar-refractivity contribution is -0.122. The first-order valence-electron chi connectivity index (χ1n) is 7.00. The van der Waals surface area contributed by atoms with Gasteiger partial charge in [-0.2, -0.15) is 0 Å². The number of carbonyl (C=O) groups is 1. The Morgan fingerprint density at radius 1 is 1.14 bits per heavy atom. The molecule has 1 atom stereocenters. The highest BCUT2D eigenvalue weighted by atomic mass is 16.2. The van der Waals surface area contributed by atoms with Crippen LogP contribution in [0.3, 0.4) is 0 Å². The van der Waals surface area contributed by atoms with Crippen LogP contribution in [-0.2, 0) is 11.3 Å². The van der Waals surface area contributed by atoms with Gasteiger partial charge in [-0.25, -0.2) is 0 Å². The summed E-state index contributed by atoms with van der Waals surface area (Å²) in [4.78, 5) is 23.6. The fraction of sp³-hybridized carbons (Fsp3) is 0.294. The minimum atomic E-state index is -0.0683. The van der Waals surface area contributed by atoms with E-state index in [0.29, 0.717) is 0 Å². The first kappa shape index (κ1) is 15.0. The van der Waals surface area contributed by atoms with E-state index in [1.54, 1.807) is 12.1 Å². The SMILES string of the molecule is Cc1cc(=O)cc(C)n1CC(=O)NC(C)c1ccccc1. The molecule has 21 heavy (non-hydrogen) atoms. The highest BCUT2D eigenvalue weighted by Gasteiger charge is 2.11. The van der Waals surface area contributed by atoms with Crippen LogP contribution in [0.5, 0.6) is 0 Å². The molecule has 1 amide bonds. The molecule has 1 aromatic carbocycles. The van der Waals surface area contributed by atoms with Crippen molar-refractivity contribution in [3.8, 4) is 0 Å². The summed E-state index contributed by atoms with van der Waals surface area (Å²) in [5.41, 5.74) is 2.63. The minimum Gasteiger partial charge on any atom is -0.348 e. The molecule has 4 heteroatoms. The van der Waals surface area contributed by atoms with Crippen molar-refractivity contribution in [1.82, 2.24) is 9.88 Å². The van der Waals surface area contributed by atoms with Crippen LogP contribution in [0.15, 0.2) is 47.3 Å². The monoisotopic (exact) mass is 284 g/mol. The number of nitrogens with zero attached hydrogens (tertiary/aromatic N) is 1. The van der Waals surface area contributed by atoms with E-state index in [1.807, 2.05) is 55.7 Å². The highest BCUT2D eigenvalue weighted by molar-refractivity contribution is 5.76. The van der Waals surface area contributed by atoms with Crippen molar-refractivity contribution in [3.05, 3.63) is 69.6 Å². The lowest BCUT2D eigenvalue weighted by atomic mass is 10.1. The van der Waals surface area contributed by atoms with Crippen molar-refractivity contribution < 1.29 is 4.79 Å². The molecule has 0 aliphatic carbocycles. The van der Waals surface area contributed by atoms with Crippen molar-refractivity contribution in [1.29, 1.82) is 0 Å². The van der Waals surface area contributed by atoms with E-state index in [1.165, 1.54) is 0 Å². The summed E-state index contributed by atoms with van der Waals surface area (Å²) in [5.74, 6) is -0.0683. The van der Waals surface area contributed by atoms with E-state index in [4.69, 9.17) is 0 Å². The predicted molar refractivity (Wildman–Crippen MR) is 83.2 cm³/mol. The molecule has 2 aromatic rings. The lowest BCUT2D eigenvalue weighted by Gasteiger charge is -2.17. The Kier molecular flexibility index (Phi) is 4.58. The molecule has 110 valence electrons. The molecule has 1 unspecified atom stereocenters. The summed E-state index contributed by atoms with van der Waals surface area (Å²) in [6, 6.07) is 12.9. The van der Waals surface area contributed by atoms with Crippen LogP contribution in [0.2, 0.25) is 0 Å². The summed E-state index contributed by atoms with van der Waals surface area (Å²) in [7, 11) is 0. The van der Waals surface area contributed by atoms with Gasteiger partial charge in [0.15, 0.2) is 5.43 Å². The maximum Gasteiger partial charge on any atom is 0.240 e. The van der Waals surface area contributed by atoms with E-state index in [-0.39, 0.29) is 23.9 Å². The van der Waals surface area contributed by atoms with Gasteiger partial charge < -0.3 is 9.88 Å². The molecule has 0 aliphatic rings. The number of hydrogen-bond acceptors (Lipinski definition) is 2. The molecule has 1 aromatic heterocycles. The Labute approximate surface area is 124 Å². The molecule has 0 bridgehead atoms. The van der Waals surface area contributed by atoms with Gasteiger partial charge in [0, 0.05) is 23.5 Å². The van der Waals surface area contributed by atoms with Crippen LogP contribution in [-0.4, -0.2) is 10.5 Å². The molecule has 0 radical (unpaired) electrons. The highest BCUT2D eigenvalue weighted by Crippen LogP contribution is 2.11. The maximum atomic E-state index is 12.2. The Hall–Kier alpha value is -2.36. The van der Waals surface area contributed by atoms with E-state index < -0.39 is 0 Å². The Morgan fingerprint density at radius 2 is 1.71 bits per heavy atom. The van der Waals surface area contributed by atoms with E-state index in [0.717, 1.165) is 17.0 Å². The topological polar surface area (TPSA) is 51.1 Å². The second-order valence-electron chi connectivity index (χ2n) is 5.26. The van der Waals surface area contributed by atoms with Gasteiger partial charge in [0.05, 0.1) is 6.04 Å². The minimum absolute atomic E-state index is 0.0284. The van der Waals surface area contributed by atoms with Crippen molar-refractivity contribution >= 4 is 5.91 Å². The van der Waals surface area contributed by atoms with Crippen molar-refractivity contribution in [3.63, 3.8) is 0 Å². The third-order valence-electron chi connectivity index (χ3n) is 3.53. The quantitative estimate of drug-likeness (QED) is 0.937. The van der Waals surface area contributed by atoms with Crippen LogP contribution in [0, 0.1) is 13.8 Å². The molecular weight excluding hydrogens is 264 g/mol. The van der Waals surface area contributed by atoms with Crippen LogP contribution >= 0.6 is 0 Å². The number of benzene rings is 1. The van der Waals surface area contributed by atoms with Gasteiger partial charge in [0.25, 0.3) is 0 Å². The van der Waals surface area contributed by atoms with Gasteiger partial charge in [-0.3, -0.25) is 9.59 Å². The second kappa shape index (κ2) is 6.39. The van der Waals surface area contributed by atoms with E-state index in [2.05, 4.69) is 5.32 Å². The summed E-state index contributed by atoms with van der Waals surface area (Å²) in [6.45, 7) is 5.85. The number of carbonyl (C=O) groups excluding carboxylic acids is 1. The number of nitrogens with one attached hydrogen (secondary N) is 1. The van der Waals surface area contributed by atoms with Crippen molar-refractivity contribution in [2.75, 3.05) is 0 Å². The van der Waals surface area contributed by atoms with Gasteiger partial charge >= 0.3 is 0 Å². The maximum absolute atomic E-state index is 12.2. The van der Waals surface area contributed by atoms with Gasteiger partial charge in [-0.1, -0.05) is 30.3 Å². The Balaban J connectivity index is 2.07. The largest absolute Gasteiger partial charge is 0.348 e. The molecule has 0 saturated heterocycles. The number of pyridine rings is 1. The molecule has 2 rings (SSSR count). The van der Waals surface area contributed by atoms with Gasteiger partial charge in [0.2, 0.25) is 5.91 Å². The summed E-state index contributed by atoms with van der Waals surface area (Å²) < 4.78 is 1.84. The fourth-order valence-electron chi connectivity index (χ4n) is 2.39. The number of amides is 1. The Bertz CT molecular complexity index is 663. The summed E-state index contributed by atoms with van der Waals surface area (Å²) in [6.07, 6.45) is 0. The van der Waals surface area contributed by atoms with Crippen molar-refractivity contribution in [2.24, 2.45) is 0 Å². The Morgan fingerprint density at radius 3 is 2.29 bits per heavy atom. The number of rotatable bonds is 4. The molecule has 0 fully saturated rings. The van der Waals surface area contributed by atoms with Gasteiger partial charge in [-0.15, -0.1) is 0 Å². The third kappa shape index (κ3) is 3.81. The number of aromatic nitrogens is 1. The molecule has 1 N–H and O–H groups in total. The zero-order chi connectivity index (χ0) is 15.4. The van der Waals surface area contributed by atoms with Crippen LogP contribution in [0.1, 0.15) is 29.9 Å². The normalized spacial score (nSPS) is 12.0. The fourth-order valence-corrected chi connectivity index (χ4v) is 2.39. The molecule has 0 saturated carbocycles. The standard InChI is InChI=1S/C17H20N2O2/c1-12-9-16(20)10-13(2)19(12)11-17(21)18-14(3)15-7-5-4-6-8-15/h4-10,14H,11H2,1-3H3,(H,18,21). The summed E-state index contributed by atoms with van der Waals surface area (Å²) >= 11 is 0. The number of aryl methyl sites for hydroxylation is 2. The van der Waals surface area contributed by atoms with Crippen LogP contribution < -0.4 is 10.7 Å². The molecule has 1 heterocycles. The second-order valence-corrected chi connectivity index (χ2v) is 5.26. The molecule has 0 aliphatic heterocycles. The predicted octanol–water partition coefficient (Wildman–Crippen LogP) is 2.34. The third-order valence-corrected chi connectivity index (χ3v) is 3.53. The van der Waals surface area contributed by atoms with Gasteiger partial charge in [0.1, 0.15) is 6.54 Å². The molecular formula is C17H20N2O2. The smallest absolute Gasteiger partial charge is 0.240 e. The molecule has 0 spiro atoms. The van der Waals surface area contributed by atoms with Gasteiger partial charge in [-0.05, 0) is 26.3 Å². The van der Waals surface area contributed by atoms with Crippen molar-refractivity contribution in [2.45, 2.75) is 33.4 Å². The van der Waals surface area contributed by atoms with Crippen LogP contribution in [0.25, 0.3) is 0 Å². The first-order valence-corrected chi connectivity index (χ1v) is 7.00. The number of hydrogen-bond donors (Lipinski definition) is 1. The summed E-state index contributed by atoms with van der Waals surface area (Å²) in [5, 5.41) is 2.98.